The van der Waals surface area contributed by atoms with E-state index >= 15 is 0 Å². The molecule has 1 amide bonds. The lowest BCUT2D eigenvalue weighted by Crippen LogP contribution is -2.29. The zero-order chi connectivity index (χ0) is 29.8. The highest BCUT2D eigenvalue weighted by Gasteiger charge is 2.48. The number of amides is 1. The summed E-state index contributed by atoms with van der Waals surface area (Å²) in [5, 5.41) is 19.8. The van der Waals surface area contributed by atoms with Crippen LogP contribution in [0.2, 0.25) is 0 Å². The molecule has 0 bridgehead atoms. The molecule has 214 valence electrons. The number of aliphatic hydroxyl groups is 1. The Morgan fingerprint density at radius 3 is 2.40 bits per heavy atom. The number of aromatic nitrogens is 3. The van der Waals surface area contributed by atoms with E-state index in [2.05, 4.69) is 15.2 Å². The number of carbonyl (C=O) groups is 2. The average Bonchev–Trinajstić information content (AvgIpc) is 3.62. The summed E-state index contributed by atoms with van der Waals surface area (Å²) in [5.74, 6) is -1.42. The Morgan fingerprint density at radius 1 is 0.930 bits per heavy atom. The number of ketones is 1. The highest BCUT2D eigenvalue weighted by Crippen LogP contribution is 2.44. The minimum absolute atomic E-state index is 0.0788. The molecule has 1 saturated heterocycles. The number of carbonyl (C=O) groups excluding carboxylic acids is 2. The van der Waals surface area contributed by atoms with Crippen LogP contribution in [0.4, 0.5) is 9.52 Å². The molecule has 0 saturated carbocycles. The molecule has 0 radical (unpaired) electrons. The van der Waals surface area contributed by atoms with Gasteiger partial charge in [-0.05, 0) is 47.0 Å². The van der Waals surface area contributed by atoms with Crippen molar-refractivity contribution in [1.29, 1.82) is 0 Å². The van der Waals surface area contributed by atoms with Crippen molar-refractivity contribution in [2.75, 3.05) is 4.90 Å². The largest absolute Gasteiger partial charge is 0.507 e. The molecule has 0 spiro atoms. The molecule has 6 rings (SSSR count). The Balaban J connectivity index is 1.33. The monoisotopic (exact) mass is 610 g/mol. The van der Waals surface area contributed by atoms with Gasteiger partial charge in [0.15, 0.2) is 4.34 Å². The van der Waals surface area contributed by atoms with E-state index in [1.54, 1.807) is 54.6 Å². The number of Topliss-reactive ketones (excluding diaryl/α,β-unsaturated/α-hetero) is 1. The molecule has 3 aromatic carbocycles. The fourth-order valence-corrected chi connectivity index (χ4v) is 6.46. The number of hydrogen-bond acceptors (Lipinski definition) is 9. The van der Waals surface area contributed by atoms with Crippen LogP contribution < -0.4 is 9.64 Å². The van der Waals surface area contributed by atoms with Crippen LogP contribution in [0.1, 0.15) is 28.3 Å². The number of anilines is 1. The van der Waals surface area contributed by atoms with Crippen molar-refractivity contribution in [1.82, 2.24) is 15.2 Å². The van der Waals surface area contributed by atoms with Crippen LogP contribution in [-0.2, 0) is 21.9 Å². The maximum absolute atomic E-state index is 14.1. The molecular weight excluding hydrogens is 588 g/mol. The van der Waals surface area contributed by atoms with Crippen LogP contribution in [0.15, 0.2) is 113 Å². The van der Waals surface area contributed by atoms with Gasteiger partial charge in [0.1, 0.15) is 23.9 Å². The summed E-state index contributed by atoms with van der Waals surface area (Å²) in [6.45, 7) is 0.374. The second-order valence-corrected chi connectivity index (χ2v) is 11.7. The second-order valence-electron chi connectivity index (χ2n) is 9.48. The smallest absolute Gasteiger partial charge is 0.301 e. The molecule has 1 unspecified atom stereocenters. The number of aliphatic hydroxyl groups excluding tert-OH is 1. The van der Waals surface area contributed by atoms with Crippen LogP contribution >= 0.6 is 23.1 Å². The SMILES string of the molecule is O=C1C(=O)N(c2nnc(SCc3ccccc3F)s2)C(c2ccc(OCc3ccccc3)cc2)C1=C(O)c1ccncc1. The number of thioether (sulfide) groups is 1. The zero-order valence-electron chi connectivity index (χ0n) is 22.5. The third kappa shape index (κ3) is 6.04. The normalized spacial score (nSPS) is 16.0. The Morgan fingerprint density at radius 2 is 1.65 bits per heavy atom. The van der Waals surface area contributed by atoms with Gasteiger partial charge in [-0.25, -0.2) is 4.39 Å². The Hall–Kier alpha value is -4.87. The predicted molar refractivity (Wildman–Crippen MR) is 162 cm³/mol. The fourth-order valence-electron chi connectivity index (χ4n) is 4.61. The lowest BCUT2D eigenvalue weighted by Gasteiger charge is -2.22. The lowest BCUT2D eigenvalue weighted by molar-refractivity contribution is -0.132. The Labute approximate surface area is 254 Å². The van der Waals surface area contributed by atoms with Crippen molar-refractivity contribution < 1.29 is 23.8 Å². The number of ether oxygens (including phenoxy) is 1. The number of nitrogens with zero attached hydrogens (tertiary/aromatic N) is 4. The van der Waals surface area contributed by atoms with Crippen LogP contribution in [0.5, 0.6) is 5.75 Å². The van der Waals surface area contributed by atoms with Gasteiger partial charge in [0.25, 0.3) is 5.78 Å². The predicted octanol–water partition coefficient (Wildman–Crippen LogP) is 6.57. The van der Waals surface area contributed by atoms with E-state index in [0.717, 1.165) is 16.9 Å². The maximum Gasteiger partial charge on any atom is 0.301 e. The first-order valence-electron chi connectivity index (χ1n) is 13.2. The molecule has 3 heterocycles. The lowest BCUT2D eigenvalue weighted by atomic mass is 9.95. The molecular formula is C32H23FN4O4S2. The van der Waals surface area contributed by atoms with E-state index in [4.69, 9.17) is 4.74 Å². The van der Waals surface area contributed by atoms with Crippen LogP contribution in [0.3, 0.4) is 0 Å². The zero-order valence-corrected chi connectivity index (χ0v) is 24.1. The van der Waals surface area contributed by atoms with Gasteiger partial charge in [0.2, 0.25) is 5.13 Å². The van der Waals surface area contributed by atoms with E-state index in [1.807, 2.05) is 30.3 Å². The summed E-state index contributed by atoms with van der Waals surface area (Å²) in [4.78, 5) is 32.1. The average molecular weight is 611 g/mol. The van der Waals surface area contributed by atoms with Crippen molar-refractivity contribution in [2.45, 2.75) is 22.7 Å². The van der Waals surface area contributed by atoms with Crippen molar-refractivity contribution in [3.05, 3.63) is 137 Å². The van der Waals surface area contributed by atoms with Gasteiger partial charge in [-0.1, -0.05) is 83.8 Å². The number of hydrogen-bond donors (Lipinski definition) is 1. The van der Waals surface area contributed by atoms with Gasteiger partial charge in [-0.3, -0.25) is 19.5 Å². The topological polar surface area (TPSA) is 106 Å². The summed E-state index contributed by atoms with van der Waals surface area (Å²) in [6.07, 6.45) is 2.98. The molecule has 0 aliphatic carbocycles. The summed E-state index contributed by atoms with van der Waals surface area (Å²) in [7, 11) is 0. The summed E-state index contributed by atoms with van der Waals surface area (Å²) < 4.78 is 20.5. The molecule has 1 aliphatic heterocycles. The first kappa shape index (κ1) is 28.3. The molecule has 1 N–H and O–H groups in total. The Kier molecular flexibility index (Phi) is 8.25. The molecule has 11 heteroatoms. The summed E-state index contributed by atoms with van der Waals surface area (Å²) >= 11 is 2.38. The van der Waals surface area contributed by atoms with Crippen molar-refractivity contribution in [2.24, 2.45) is 0 Å². The third-order valence-electron chi connectivity index (χ3n) is 6.75. The van der Waals surface area contributed by atoms with Gasteiger partial charge in [-0.2, -0.15) is 0 Å². The highest BCUT2D eigenvalue weighted by atomic mass is 32.2. The maximum atomic E-state index is 14.1. The summed E-state index contributed by atoms with van der Waals surface area (Å²) in [6, 6.07) is 25.3. The van der Waals surface area contributed by atoms with Gasteiger partial charge in [0, 0.05) is 23.7 Å². The van der Waals surface area contributed by atoms with E-state index in [9.17, 15) is 19.1 Å². The minimum Gasteiger partial charge on any atom is -0.507 e. The van der Waals surface area contributed by atoms with Gasteiger partial charge < -0.3 is 9.84 Å². The number of benzene rings is 3. The summed E-state index contributed by atoms with van der Waals surface area (Å²) in [5.41, 5.74) is 2.36. The van der Waals surface area contributed by atoms with Gasteiger partial charge in [0.05, 0.1) is 11.6 Å². The molecule has 8 nitrogen and oxygen atoms in total. The van der Waals surface area contributed by atoms with E-state index in [1.165, 1.54) is 35.1 Å². The second kappa shape index (κ2) is 12.6. The Bertz CT molecular complexity index is 1800. The first-order chi connectivity index (χ1) is 21.0. The number of halogens is 1. The van der Waals surface area contributed by atoms with E-state index in [0.29, 0.717) is 39.1 Å². The first-order valence-corrected chi connectivity index (χ1v) is 15.0. The highest BCUT2D eigenvalue weighted by molar-refractivity contribution is 8.00. The van der Waals surface area contributed by atoms with E-state index < -0.39 is 17.7 Å². The fraction of sp³-hybridized carbons (Fsp3) is 0.0938. The molecule has 2 aromatic heterocycles. The number of rotatable bonds is 9. The third-order valence-corrected chi connectivity index (χ3v) is 8.86. The van der Waals surface area contributed by atoms with Crippen LogP contribution in [0.25, 0.3) is 5.76 Å². The van der Waals surface area contributed by atoms with Crippen molar-refractivity contribution in [3.8, 4) is 5.75 Å². The van der Waals surface area contributed by atoms with Crippen molar-refractivity contribution in [3.63, 3.8) is 0 Å². The standard InChI is InChI=1S/C32H23FN4O4S2/c33-25-9-5-4-8-23(25)19-42-32-36-35-31(43-32)37-27(26(29(39)30(37)40)28(38)22-14-16-34-17-15-22)21-10-12-24(13-11-21)41-18-20-6-2-1-3-7-20/h1-17,27,38H,18-19H2. The van der Waals surface area contributed by atoms with Crippen molar-refractivity contribution >= 4 is 45.7 Å². The van der Waals surface area contributed by atoms with Crippen LogP contribution in [0, 0.1) is 5.82 Å². The van der Waals surface area contributed by atoms with Crippen LogP contribution in [-0.4, -0.2) is 32.0 Å². The van der Waals surface area contributed by atoms with E-state index in [-0.39, 0.29) is 22.3 Å². The molecule has 1 aliphatic rings. The molecule has 43 heavy (non-hydrogen) atoms. The molecule has 5 aromatic rings. The van der Waals surface area contributed by atoms with Gasteiger partial charge in [-0.15, -0.1) is 10.2 Å². The number of pyridine rings is 1. The quantitative estimate of drug-likeness (QED) is 0.0657. The molecule has 1 fully saturated rings. The van der Waals surface area contributed by atoms with Gasteiger partial charge >= 0.3 is 5.91 Å². The molecule has 1 atom stereocenters. The minimum atomic E-state index is -0.978.